The molecule has 0 unspecified atom stereocenters. The van der Waals surface area contributed by atoms with Crippen molar-refractivity contribution in [2.24, 2.45) is 0 Å². The number of fused-ring (bicyclic) bond motifs is 1. The Kier molecular flexibility index (Phi) is 7.07. The Morgan fingerprint density at radius 2 is 1.79 bits per heavy atom. The summed E-state index contributed by atoms with van der Waals surface area (Å²) in [5, 5.41) is 1.20. The summed E-state index contributed by atoms with van der Waals surface area (Å²) in [6.07, 6.45) is 0.391. The average Bonchev–Trinajstić information content (AvgIpc) is 3.38. The van der Waals surface area contributed by atoms with E-state index in [-0.39, 0.29) is 30.6 Å². The van der Waals surface area contributed by atoms with Crippen LogP contribution in [-0.4, -0.2) is 53.8 Å². The quantitative estimate of drug-likeness (QED) is 0.437. The van der Waals surface area contributed by atoms with Gasteiger partial charge in [-0.05, 0) is 49.5 Å². The fourth-order valence-electron chi connectivity index (χ4n) is 3.87. The minimum atomic E-state index is -0.244. The molecule has 1 aliphatic heterocycles. The smallest absolute Gasteiger partial charge is 0.260 e. The van der Waals surface area contributed by atoms with Crippen LogP contribution in [0.3, 0.4) is 0 Å². The maximum atomic E-state index is 13.7. The Labute approximate surface area is 201 Å². The molecule has 4 rings (SSSR count). The molecule has 9 heteroatoms. The van der Waals surface area contributed by atoms with E-state index < -0.39 is 0 Å². The predicted molar refractivity (Wildman–Crippen MR) is 132 cm³/mol. The molecule has 172 valence electrons. The molecule has 7 nitrogen and oxygen atoms in total. The predicted octanol–water partition coefficient (Wildman–Crippen LogP) is 4.59. The first-order valence-corrected chi connectivity index (χ1v) is 12.2. The van der Waals surface area contributed by atoms with Gasteiger partial charge in [0.1, 0.15) is 0 Å². The lowest BCUT2D eigenvalue weighted by Gasteiger charge is -2.25. The number of rotatable bonds is 8. The van der Waals surface area contributed by atoms with Crippen molar-refractivity contribution in [3.05, 3.63) is 53.1 Å². The van der Waals surface area contributed by atoms with E-state index in [1.54, 1.807) is 35.2 Å². The number of anilines is 2. The van der Waals surface area contributed by atoms with E-state index in [1.165, 1.54) is 11.3 Å². The van der Waals surface area contributed by atoms with Crippen LogP contribution in [0.25, 0.3) is 10.2 Å². The first-order valence-electron chi connectivity index (χ1n) is 11.0. The van der Waals surface area contributed by atoms with E-state index in [0.29, 0.717) is 34.5 Å². The molecule has 1 aromatic heterocycles. The Morgan fingerprint density at radius 3 is 2.48 bits per heavy atom. The molecule has 2 aromatic carbocycles. The SMILES string of the molecule is CCN(CC)CCN(C(=O)c1cccc(N2C(=O)CCC2=O)c1)c1nc2ccc(Cl)cc2s1. The normalized spacial score (nSPS) is 14.0. The number of aromatic nitrogens is 1. The van der Waals surface area contributed by atoms with E-state index in [0.717, 1.165) is 28.2 Å². The number of hydrogen-bond acceptors (Lipinski definition) is 6. The highest BCUT2D eigenvalue weighted by atomic mass is 35.5. The highest BCUT2D eigenvalue weighted by molar-refractivity contribution is 7.22. The molecular formula is C24H25ClN4O3S. The molecule has 1 saturated heterocycles. The van der Waals surface area contributed by atoms with Crippen LogP contribution < -0.4 is 9.80 Å². The minimum absolute atomic E-state index is 0.196. The van der Waals surface area contributed by atoms with Gasteiger partial charge in [0.15, 0.2) is 5.13 Å². The van der Waals surface area contributed by atoms with Crippen LogP contribution in [0.1, 0.15) is 37.0 Å². The molecule has 2 heterocycles. The summed E-state index contributed by atoms with van der Waals surface area (Å²) in [5.74, 6) is -0.717. The Hall–Kier alpha value is -2.81. The number of imide groups is 1. The summed E-state index contributed by atoms with van der Waals surface area (Å²) >= 11 is 7.55. The molecule has 3 amide bonds. The summed E-state index contributed by atoms with van der Waals surface area (Å²) in [5.41, 5.74) is 1.60. The molecule has 0 bridgehead atoms. The minimum Gasteiger partial charge on any atom is -0.302 e. The van der Waals surface area contributed by atoms with Gasteiger partial charge in [0.2, 0.25) is 11.8 Å². The highest BCUT2D eigenvalue weighted by Gasteiger charge is 2.31. The molecule has 0 atom stereocenters. The van der Waals surface area contributed by atoms with Gasteiger partial charge in [-0.3, -0.25) is 24.2 Å². The van der Waals surface area contributed by atoms with Crippen molar-refractivity contribution in [1.29, 1.82) is 0 Å². The number of carbonyl (C=O) groups is 3. The van der Waals surface area contributed by atoms with Crippen molar-refractivity contribution < 1.29 is 14.4 Å². The summed E-state index contributed by atoms with van der Waals surface area (Å²) in [4.78, 5) is 47.8. The van der Waals surface area contributed by atoms with Crippen LogP contribution in [0.2, 0.25) is 5.02 Å². The largest absolute Gasteiger partial charge is 0.302 e. The van der Waals surface area contributed by atoms with Gasteiger partial charge in [0.25, 0.3) is 5.91 Å². The fraction of sp³-hybridized carbons (Fsp3) is 0.333. The van der Waals surface area contributed by atoms with Crippen molar-refractivity contribution in [3.63, 3.8) is 0 Å². The topological polar surface area (TPSA) is 73.8 Å². The number of benzene rings is 2. The van der Waals surface area contributed by atoms with Crippen LogP contribution >= 0.6 is 22.9 Å². The van der Waals surface area contributed by atoms with Crippen LogP contribution in [0.5, 0.6) is 0 Å². The number of thiazole rings is 1. The molecule has 1 aliphatic rings. The maximum Gasteiger partial charge on any atom is 0.260 e. The van der Waals surface area contributed by atoms with Gasteiger partial charge in [0, 0.05) is 36.5 Å². The van der Waals surface area contributed by atoms with Gasteiger partial charge >= 0.3 is 0 Å². The molecule has 33 heavy (non-hydrogen) atoms. The van der Waals surface area contributed by atoms with Gasteiger partial charge in [-0.25, -0.2) is 4.98 Å². The second kappa shape index (κ2) is 9.99. The summed E-state index contributed by atoms with van der Waals surface area (Å²) in [7, 11) is 0. The highest BCUT2D eigenvalue weighted by Crippen LogP contribution is 2.32. The van der Waals surface area contributed by atoms with E-state index in [1.807, 2.05) is 12.1 Å². The molecule has 0 N–H and O–H groups in total. The molecule has 0 aliphatic carbocycles. The van der Waals surface area contributed by atoms with Crippen molar-refractivity contribution in [1.82, 2.24) is 9.88 Å². The number of nitrogens with zero attached hydrogens (tertiary/aromatic N) is 4. The third kappa shape index (κ3) is 4.93. The Balaban J connectivity index is 1.68. The van der Waals surface area contributed by atoms with E-state index in [2.05, 4.69) is 23.7 Å². The third-order valence-electron chi connectivity index (χ3n) is 5.75. The molecule has 1 fully saturated rings. The third-order valence-corrected chi connectivity index (χ3v) is 7.03. The molecule has 0 radical (unpaired) electrons. The lowest BCUT2D eigenvalue weighted by molar-refractivity contribution is -0.121. The standard InChI is InChI=1S/C24H25ClN4O3S/c1-3-27(4-2)12-13-28(24-26-19-9-8-17(25)15-20(19)33-24)23(32)16-6-5-7-18(14-16)29-21(30)10-11-22(29)31/h5-9,14-15H,3-4,10-13H2,1-2H3. The van der Waals surface area contributed by atoms with E-state index >= 15 is 0 Å². The van der Waals surface area contributed by atoms with Crippen molar-refractivity contribution in [3.8, 4) is 0 Å². The Morgan fingerprint density at radius 1 is 1.06 bits per heavy atom. The van der Waals surface area contributed by atoms with Gasteiger partial charge < -0.3 is 4.90 Å². The van der Waals surface area contributed by atoms with Crippen LogP contribution in [0, 0.1) is 0 Å². The van der Waals surface area contributed by atoms with Crippen LogP contribution in [-0.2, 0) is 9.59 Å². The van der Waals surface area contributed by atoms with Crippen molar-refractivity contribution in [2.45, 2.75) is 26.7 Å². The van der Waals surface area contributed by atoms with Gasteiger partial charge in [-0.1, -0.05) is 42.9 Å². The van der Waals surface area contributed by atoms with Gasteiger partial charge in [-0.15, -0.1) is 0 Å². The number of carbonyl (C=O) groups excluding carboxylic acids is 3. The summed E-state index contributed by atoms with van der Waals surface area (Å²) in [6, 6.07) is 12.2. The monoisotopic (exact) mass is 484 g/mol. The van der Waals surface area contributed by atoms with Crippen LogP contribution in [0.4, 0.5) is 10.8 Å². The molecule has 3 aromatic rings. The molecule has 0 saturated carbocycles. The van der Waals surface area contributed by atoms with Crippen molar-refractivity contribution >= 4 is 61.7 Å². The zero-order valence-electron chi connectivity index (χ0n) is 18.6. The second-order valence-electron chi connectivity index (χ2n) is 7.77. The maximum absolute atomic E-state index is 13.7. The Bertz CT molecular complexity index is 1190. The fourth-order valence-corrected chi connectivity index (χ4v) is 5.13. The van der Waals surface area contributed by atoms with Crippen molar-refractivity contribution in [2.75, 3.05) is 36.0 Å². The summed E-state index contributed by atoms with van der Waals surface area (Å²) in [6.45, 7) is 7.08. The zero-order valence-corrected chi connectivity index (χ0v) is 20.2. The van der Waals surface area contributed by atoms with E-state index in [4.69, 9.17) is 11.6 Å². The van der Waals surface area contributed by atoms with Gasteiger partial charge in [-0.2, -0.15) is 0 Å². The zero-order chi connectivity index (χ0) is 23.5. The van der Waals surface area contributed by atoms with Crippen LogP contribution in [0.15, 0.2) is 42.5 Å². The first kappa shape index (κ1) is 23.4. The number of hydrogen-bond donors (Lipinski definition) is 0. The molecule has 0 spiro atoms. The molecular weight excluding hydrogens is 460 g/mol. The number of amides is 3. The lowest BCUT2D eigenvalue weighted by Crippen LogP contribution is -2.39. The summed E-state index contributed by atoms with van der Waals surface area (Å²) < 4.78 is 0.903. The second-order valence-corrected chi connectivity index (χ2v) is 9.21. The average molecular weight is 485 g/mol. The van der Waals surface area contributed by atoms with E-state index in [9.17, 15) is 14.4 Å². The number of likely N-dealkylation sites (N-methyl/N-ethyl adjacent to an activating group) is 1. The first-order chi connectivity index (χ1) is 15.9. The lowest BCUT2D eigenvalue weighted by atomic mass is 10.1. The van der Waals surface area contributed by atoms with Gasteiger partial charge in [0.05, 0.1) is 15.9 Å². The number of halogens is 1.